The van der Waals surface area contributed by atoms with Gasteiger partial charge in [0.05, 0.1) is 22.0 Å². The van der Waals surface area contributed by atoms with E-state index in [9.17, 15) is 21.4 Å². The van der Waals surface area contributed by atoms with Gasteiger partial charge >= 0.3 is 0 Å². The Morgan fingerprint density at radius 2 is 1.32 bits per heavy atom. The van der Waals surface area contributed by atoms with Gasteiger partial charge in [0.15, 0.2) is 0 Å². The van der Waals surface area contributed by atoms with Crippen molar-refractivity contribution in [1.29, 1.82) is 0 Å². The lowest BCUT2D eigenvalue weighted by Crippen LogP contribution is -2.00. The van der Waals surface area contributed by atoms with E-state index in [2.05, 4.69) is 10.2 Å². The third kappa shape index (κ3) is 3.80. The average molecular weight is 422 g/mol. The maximum Gasteiger partial charge on any atom is 0.296 e. The molecule has 0 saturated carbocycles. The van der Waals surface area contributed by atoms with E-state index < -0.39 is 25.1 Å². The zero-order valence-corrected chi connectivity index (χ0v) is 15.6. The monoisotopic (exact) mass is 422 g/mol. The largest absolute Gasteiger partial charge is 0.397 e. The van der Waals surface area contributed by atoms with Crippen LogP contribution < -0.4 is 11.5 Å². The SMILES string of the molecule is Nc1ccc2c(N=Nc3ccc(S(=O)(=O)O)cc3)c(S(=O)(=O)O)ccc2c1N. The first kappa shape index (κ1) is 19.7. The second kappa shape index (κ2) is 6.83. The summed E-state index contributed by atoms with van der Waals surface area (Å²) in [5.41, 5.74) is 12.2. The highest BCUT2D eigenvalue weighted by Gasteiger charge is 2.19. The molecule has 0 aliphatic heterocycles. The standard InChI is InChI=1S/C16H14N4O6S2/c17-13-7-5-12-11(15(13)18)6-8-14(28(24,25)26)16(12)20-19-9-1-3-10(4-2-9)27(21,22)23/h1-8H,17-18H2,(H,21,22,23)(H,24,25,26). The first-order valence-electron chi connectivity index (χ1n) is 7.56. The minimum absolute atomic E-state index is 0.162. The Morgan fingerprint density at radius 1 is 0.714 bits per heavy atom. The summed E-state index contributed by atoms with van der Waals surface area (Å²) < 4.78 is 64.1. The van der Waals surface area contributed by atoms with Crippen molar-refractivity contribution in [3.8, 4) is 0 Å². The van der Waals surface area contributed by atoms with Crippen LogP contribution in [0, 0.1) is 0 Å². The zero-order valence-electron chi connectivity index (χ0n) is 14.0. The number of nitrogen functional groups attached to an aromatic ring is 2. The lowest BCUT2D eigenvalue weighted by molar-refractivity contribution is 0.481. The summed E-state index contributed by atoms with van der Waals surface area (Å²) in [6, 6.07) is 10.2. The van der Waals surface area contributed by atoms with Gasteiger partial charge in [-0.1, -0.05) is 6.07 Å². The van der Waals surface area contributed by atoms with E-state index >= 15 is 0 Å². The highest BCUT2D eigenvalue weighted by molar-refractivity contribution is 7.86. The predicted molar refractivity (Wildman–Crippen MR) is 103 cm³/mol. The summed E-state index contributed by atoms with van der Waals surface area (Å²) in [6.45, 7) is 0. The Morgan fingerprint density at radius 3 is 1.89 bits per heavy atom. The third-order valence-electron chi connectivity index (χ3n) is 3.89. The molecule has 12 heteroatoms. The van der Waals surface area contributed by atoms with Crippen LogP contribution in [0.5, 0.6) is 0 Å². The van der Waals surface area contributed by atoms with Crippen LogP contribution in [0.3, 0.4) is 0 Å². The van der Waals surface area contributed by atoms with Gasteiger partial charge in [-0.25, -0.2) is 0 Å². The van der Waals surface area contributed by atoms with Gasteiger partial charge in [-0.3, -0.25) is 9.11 Å². The number of hydrogen-bond acceptors (Lipinski definition) is 8. The fourth-order valence-corrected chi connectivity index (χ4v) is 3.63. The van der Waals surface area contributed by atoms with Crippen molar-refractivity contribution in [3.05, 3.63) is 48.5 Å². The molecule has 0 saturated heterocycles. The molecule has 0 atom stereocenters. The molecular weight excluding hydrogens is 408 g/mol. The summed E-state index contributed by atoms with van der Waals surface area (Å²) in [7, 11) is -8.98. The molecule has 10 nitrogen and oxygen atoms in total. The van der Waals surface area contributed by atoms with E-state index in [0.717, 1.165) is 18.2 Å². The van der Waals surface area contributed by atoms with E-state index in [1.54, 1.807) is 0 Å². The normalized spacial score (nSPS) is 12.6. The van der Waals surface area contributed by atoms with Crippen LogP contribution in [0.15, 0.2) is 68.6 Å². The number of benzene rings is 3. The lowest BCUT2D eigenvalue weighted by Gasteiger charge is -2.10. The molecule has 3 rings (SSSR count). The van der Waals surface area contributed by atoms with Gasteiger partial charge in [-0.2, -0.15) is 21.9 Å². The van der Waals surface area contributed by atoms with Crippen LogP contribution >= 0.6 is 0 Å². The average Bonchev–Trinajstić information content (AvgIpc) is 2.61. The number of hydrogen-bond donors (Lipinski definition) is 4. The summed E-state index contributed by atoms with van der Waals surface area (Å²) in [4.78, 5) is -0.819. The molecule has 0 aromatic heterocycles. The van der Waals surface area contributed by atoms with Crippen LogP contribution in [0.2, 0.25) is 0 Å². The van der Waals surface area contributed by atoms with E-state index in [1.807, 2.05) is 0 Å². The molecule has 146 valence electrons. The van der Waals surface area contributed by atoms with Gasteiger partial charge in [-0.05, 0) is 42.5 Å². The molecule has 0 unspecified atom stereocenters. The van der Waals surface area contributed by atoms with Crippen molar-refractivity contribution >= 4 is 53.8 Å². The first-order chi connectivity index (χ1) is 13.0. The summed E-state index contributed by atoms with van der Waals surface area (Å²) in [5.74, 6) is 0. The highest BCUT2D eigenvalue weighted by Crippen LogP contribution is 2.38. The topological polar surface area (TPSA) is 186 Å². The summed E-state index contributed by atoms with van der Waals surface area (Å²) in [6.07, 6.45) is 0. The van der Waals surface area contributed by atoms with Gasteiger partial charge in [0.25, 0.3) is 20.2 Å². The molecule has 3 aromatic carbocycles. The zero-order chi connectivity index (χ0) is 20.7. The van der Waals surface area contributed by atoms with Crippen molar-refractivity contribution in [2.45, 2.75) is 9.79 Å². The Labute approximate surface area is 160 Å². The first-order valence-corrected chi connectivity index (χ1v) is 10.4. The molecule has 0 heterocycles. The van der Waals surface area contributed by atoms with Gasteiger partial charge in [0, 0.05) is 10.8 Å². The number of azo groups is 1. The molecule has 0 spiro atoms. The van der Waals surface area contributed by atoms with Crippen molar-refractivity contribution in [2.75, 3.05) is 11.5 Å². The molecule has 0 amide bonds. The van der Waals surface area contributed by atoms with Crippen molar-refractivity contribution in [1.82, 2.24) is 0 Å². The minimum Gasteiger partial charge on any atom is -0.397 e. The fourth-order valence-electron chi connectivity index (χ4n) is 2.51. The third-order valence-corrected chi connectivity index (χ3v) is 5.64. The van der Waals surface area contributed by atoms with Gasteiger partial charge in [0.1, 0.15) is 10.6 Å². The molecule has 3 aromatic rings. The summed E-state index contributed by atoms with van der Waals surface area (Å²) >= 11 is 0. The van der Waals surface area contributed by atoms with Gasteiger partial charge in [-0.15, -0.1) is 5.11 Å². The number of fused-ring (bicyclic) bond motifs is 1. The molecule has 6 N–H and O–H groups in total. The van der Waals surface area contributed by atoms with E-state index in [1.165, 1.54) is 30.3 Å². The van der Waals surface area contributed by atoms with Crippen LogP contribution in [-0.4, -0.2) is 25.9 Å². The number of rotatable bonds is 4. The van der Waals surface area contributed by atoms with E-state index in [4.69, 9.17) is 16.0 Å². The number of anilines is 2. The second-order valence-electron chi connectivity index (χ2n) is 5.72. The van der Waals surface area contributed by atoms with Crippen molar-refractivity contribution < 1.29 is 25.9 Å². The molecule has 28 heavy (non-hydrogen) atoms. The molecular formula is C16H14N4O6S2. The van der Waals surface area contributed by atoms with Crippen LogP contribution in [0.25, 0.3) is 10.8 Å². The molecule has 0 radical (unpaired) electrons. The fraction of sp³-hybridized carbons (Fsp3) is 0. The molecule has 0 bridgehead atoms. The van der Waals surface area contributed by atoms with Crippen LogP contribution in [0.4, 0.5) is 22.7 Å². The lowest BCUT2D eigenvalue weighted by atomic mass is 10.1. The molecule has 0 aliphatic rings. The van der Waals surface area contributed by atoms with Crippen LogP contribution in [-0.2, 0) is 20.2 Å². The molecule has 0 fully saturated rings. The maximum absolute atomic E-state index is 11.7. The Bertz CT molecular complexity index is 1320. The van der Waals surface area contributed by atoms with E-state index in [-0.39, 0.29) is 27.6 Å². The Balaban J connectivity index is 2.18. The second-order valence-corrected chi connectivity index (χ2v) is 8.53. The van der Waals surface area contributed by atoms with Gasteiger partial charge < -0.3 is 11.5 Å². The van der Waals surface area contributed by atoms with Crippen molar-refractivity contribution in [3.63, 3.8) is 0 Å². The maximum atomic E-state index is 11.7. The number of nitrogens with zero attached hydrogens (tertiary/aromatic N) is 2. The Hall–Kier alpha value is -3.06. The summed E-state index contributed by atoms with van der Waals surface area (Å²) in [5, 5.41) is 8.50. The Kier molecular flexibility index (Phi) is 4.81. The smallest absolute Gasteiger partial charge is 0.296 e. The van der Waals surface area contributed by atoms with Crippen molar-refractivity contribution in [2.24, 2.45) is 10.2 Å². The molecule has 0 aliphatic carbocycles. The number of nitrogens with two attached hydrogens (primary N) is 2. The minimum atomic E-state index is -4.62. The van der Waals surface area contributed by atoms with Gasteiger partial charge in [0.2, 0.25) is 0 Å². The predicted octanol–water partition coefficient (Wildman–Crippen LogP) is 2.91. The van der Waals surface area contributed by atoms with Crippen LogP contribution in [0.1, 0.15) is 0 Å². The quantitative estimate of drug-likeness (QED) is 0.281. The highest BCUT2D eigenvalue weighted by atomic mass is 32.2. The van der Waals surface area contributed by atoms with E-state index in [0.29, 0.717) is 10.8 Å².